The summed E-state index contributed by atoms with van der Waals surface area (Å²) in [7, 11) is 1.38. The predicted molar refractivity (Wildman–Crippen MR) is 106 cm³/mol. The SMILES string of the molecule is COc1cc([N+](=O)[O-])ccc1NC(=O)COc1ccccc1-c1ccccc1. The molecule has 142 valence electrons. The van der Waals surface area contributed by atoms with Gasteiger partial charge >= 0.3 is 0 Å². The van der Waals surface area contributed by atoms with Crippen molar-refractivity contribution in [3.63, 3.8) is 0 Å². The number of nitrogens with zero attached hydrogens (tertiary/aromatic N) is 1. The van der Waals surface area contributed by atoms with Gasteiger partial charge in [-0.1, -0.05) is 48.5 Å². The molecule has 0 spiro atoms. The highest BCUT2D eigenvalue weighted by molar-refractivity contribution is 5.93. The molecule has 1 amide bonds. The van der Waals surface area contributed by atoms with Crippen molar-refractivity contribution in [3.05, 3.63) is 82.9 Å². The van der Waals surface area contributed by atoms with E-state index in [1.54, 1.807) is 6.07 Å². The number of nitrogens with one attached hydrogen (secondary N) is 1. The van der Waals surface area contributed by atoms with E-state index in [9.17, 15) is 14.9 Å². The van der Waals surface area contributed by atoms with Gasteiger partial charge in [-0.25, -0.2) is 0 Å². The van der Waals surface area contributed by atoms with Gasteiger partial charge in [-0.15, -0.1) is 0 Å². The van der Waals surface area contributed by atoms with Crippen molar-refractivity contribution < 1.29 is 19.2 Å². The molecule has 0 aromatic heterocycles. The van der Waals surface area contributed by atoms with Gasteiger partial charge in [0.1, 0.15) is 11.5 Å². The molecule has 0 radical (unpaired) electrons. The zero-order valence-electron chi connectivity index (χ0n) is 15.1. The molecular weight excluding hydrogens is 360 g/mol. The van der Waals surface area contributed by atoms with Crippen LogP contribution in [0.15, 0.2) is 72.8 Å². The first-order valence-electron chi connectivity index (χ1n) is 8.48. The molecule has 0 aliphatic rings. The van der Waals surface area contributed by atoms with Crippen molar-refractivity contribution in [3.8, 4) is 22.6 Å². The summed E-state index contributed by atoms with van der Waals surface area (Å²) in [6.07, 6.45) is 0. The molecule has 3 rings (SSSR count). The van der Waals surface area contributed by atoms with Crippen molar-refractivity contribution in [2.24, 2.45) is 0 Å². The normalized spacial score (nSPS) is 10.2. The quantitative estimate of drug-likeness (QED) is 0.489. The van der Waals surface area contributed by atoms with Crippen LogP contribution >= 0.6 is 0 Å². The van der Waals surface area contributed by atoms with Crippen molar-refractivity contribution in [1.82, 2.24) is 0 Å². The van der Waals surface area contributed by atoms with Gasteiger partial charge in [0, 0.05) is 11.6 Å². The zero-order valence-corrected chi connectivity index (χ0v) is 15.1. The molecule has 3 aromatic rings. The molecule has 0 saturated carbocycles. The van der Waals surface area contributed by atoms with E-state index in [-0.39, 0.29) is 18.0 Å². The number of hydrogen-bond donors (Lipinski definition) is 1. The van der Waals surface area contributed by atoms with E-state index in [4.69, 9.17) is 9.47 Å². The molecule has 7 heteroatoms. The second-order valence-electron chi connectivity index (χ2n) is 5.84. The van der Waals surface area contributed by atoms with Crippen LogP contribution in [0.5, 0.6) is 11.5 Å². The lowest BCUT2D eigenvalue weighted by Gasteiger charge is -2.13. The summed E-state index contributed by atoms with van der Waals surface area (Å²) >= 11 is 0. The first kappa shape index (κ1) is 18.9. The van der Waals surface area contributed by atoms with E-state index < -0.39 is 10.8 Å². The number of nitro benzene ring substituents is 1. The summed E-state index contributed by atoms with van der Waals surface area (Å²) in [4.78, 5) is 22.6. The second kappa shape index (κ2) is 8.68. The number of anilines is 1. The number of non-ortho nitro benzene ring substituents is 1. The molecule has 0 aliphatic heterocycles. The summed E-state index contributed by atoms with van der Waals surface area (Å²) < 4.78 is 10.8. The van der Waals surface area contributed by atoms with Crippen LogP contribution < -0.4 is 14.8 Å². The van der Waals surface area contributed by atoms with Crippen LogP contribution in [-0.2, 0) is 4.79 Å². The number of benzene rings is 3. The van der Waals surface area contributed by atoms with E-state index in [1.807, 2.05) is 48.5 Å². The largest absolute Gasteiger partial charge is 0.494 e. The monoisotopic (exact) mass is 378 g/mol. The molecule has 0 saturated heterocycles. The van der Waals surface area contributed by atoms with Crippen LogP contribution in [0.3, 0.4) is 0 Å². The van der Waals surface area contributed by atoms with Gasteiger partial charge in [-0.05, 0) is 17.7 Å². The van der Waals surface area contributed by atoms with Gasteiger partial charge in [0.25, 0.3) is 11.6 Å². The minimum atomic E-state index is -0.530. The molecule has 0 fully saturated rings. The average molecular weight is 378 g/mol. The van der Waals surface area contributed by atoms with Gasteiger partial charge in [0.05, 0.1) is 23.8 Å². The Bertz CT molecular complexity index is 989. The van der Waals surface area contributed by atoms with E-state index in [1.165, 1.54) is 25.3 Å². The minimum absolute atomic E-state index is 0.122. The number of nitro groups is 1. The Morgan fingerprint density at radius 2 is 1.71 bits per heavy atom. The van der Waals surface area contributed by atoms with Gasteiger partial charge in [0.2, 0.25) is 0 Å². The van der Waals surface area contributed by atoms with E-state index in [0.717, 1.165) is 11.1 Å². The van der Waals surface area contributed by atoms with Crippen LogP contribution in [0.1, 0.15) is 0 Å². The van der Waals surface area contributed by atoms with E-state index in [2.05, 4.69) is 5.32 Å². The molecular formula is C21H18N2O5. The number of carbonyl (C=O) groups excluding carboxylic acids is 1. The maximum atomic E-state index is 12.3. The molecule has 0 atom stereocenters. The Morgan fingerprint density at radius 3 is 2.43 bits per heavy atom. The summed E-state index contributed by atoms with van der Waals surface area (Å²) in [5.74, 6) is 0.377. The Balaban J connectivity index is 1.70. The summed E-state index contributed by atoms with van der Waals surface area (Å²) in [5.41, 5.74) is 2.07. The molecule has 3 aromatic carbocycles. The van der Waals surface area contributed by atoms with Gasteiger partial charge in [-0.2, -0.15) is 0 Å². The summed E-state index contributed by atoms with van der Waals surface area (Å²) in [5, 5.41) is 13.5. The van der Waals surface area contributed by atoms with Gasteiger partial charge in [0.15, 0.2) is 6.61 Å². The van der Waals surface area contributed by atoms with Crippen molar-refractivity contribution in [1.29, 1.82) is 0 Å². The van der Waals surface area contributed by atoms with Crippen LogP contribution in [0.25, 0.3) is 11.1 Å². The molecule has 0 heterocycles. The van der Waals surface area contributed by atoms with Crippen LogP contribution in [0.2, 0.25) is 0 Å². The first-order valence-corrected chi connectivity index (χ1v) is 8.48. The second-order valence-corrected chi connectivity index (χ2v) is 5.84. The number of amides is 1. The number of para-hydroxylation sites is 1. The van der Waals surface area contributed by atoms with Crippen LogP contribution in [0.4, 0.5) is 11.4 Å². The number of hydrogen-bond acceptors (Lipinski definition) is 5. The average Bonchev–Trinajstić information content (AvgIpc) is 2.73. The number of carbonyl (C=O) groups is 1. The lowest BCUT2D eigenvalue weighted by Crippen LogP contribution is -2.20. The zero-order chi connectivity index (χ0) is 19.9. The lowest BCUT2D eigenvalue weighted by atomic mass is 10.1. The van der Waals surface area contributed by atoms with Crippen molar-refractivity contribution in [2.45, 2.75) is 0 Å². The Hall–Kier alpha value is -3.87. The first-order chi connectivity index (χ1) is 13.6. The smallest absolute Gasteiger partial charge is 0.273 e. The standard InChI is InChI=1S/C21H18N2O5/c1-27-20-13-16(23(25)26)11-12-18(20)22-21(24)14-28-19-10-6-5-9-17(19)15-7-3-2-4-8-15/h2-13H,14H2,1H3,(H,22,24). The van der Waals surface area contributed by atoms with Crippen LogP contribution in [-0.4, -0.2) is 24.5 Å². The Labute approximate surface area is 161 Å². The van der Waals surface area contributed by atoms with Crippen molar-refractivity contribution in [2.75, 3.05) is 19.0 Å². The molecule has 0 aliphatic carbocycles. The highest BCUT2D eigenvalue weighted by atomic mass is 16.6. The maximum Gasteiger partial charge on any atom is 0.273 e. The fourth-order valence-electron chi connectivity index (χ4n) is 2.68. The molecule has 0 unspecified atom stereocenters. The van der Waals surface area contributed by atoms with Gasteiger partial charge < -0.3 is 14.8 Å². The number of methoxy groups -OCH3 is 1. The lowest BCUT2D eigenvalue weighted by molar-refractivity contribution is -0.384. The minimum Gasteiger partial charge on any atom is -0.494 e. The fraction of sp³-hybridized carbons (Fsp3) is 0.0952. The molecule has 28 heavy (non-hydrogen) atoms. The third kappa shape index (κ3) is 4.45. The molecule has 7 nitrogen and oxygen atoms in total. The number of rotatable bonds is 7. The highest BCUT2D eigenvalue weighted by Crippen LogP contribution is 2.30. The summed E-state index contributed by atoms with van der Waals surface area (Å²) in [6.45, 7) is -0.218. The Kier molecular flexibility index (Phi) is 5.86. The topological polar surface area (TPSA) is 90.7 Å². The number of ether oxygens (including phenoxy) is 2. The highest BCUT2D eigenvalue weighted by Gasteiger charge is 2.14. The van der Waals surface area contributed by atoms with E-state index >= 15 is 0 Å². The Morgan fingerprint density at radius 1 is 1.00 bits per heavy atom. The fourth-order valence-corrected chi connectivity index (χ4v) is 2.68. The maximum absolute atomic E-state index is 12.3. The third-order valence-electron chi connectivity index (χ3n) is 4.00. The summed E-state index contributed by atoms with van der Waals surface area (Å²) in [6, 6.07) is 21.1. The van der Waals surface area contributed by atoms with Gasteiger partial charge in [-0.3, -0.25) is 14.9 Å². The van der Waals surface area contributed by atoms with E-state index in [0.29, 0.717) is 11.4 Å². The third-order valence-corrected chi connectivity index (χ3v) is 4.00. The molecule has 0 bridgehead atoms. The predicted octanol–water partition coefficient (Wildman–Crippen LogP) is 4.29. The van der Waals surface area contributed by atoms with Crippen LogP contribution in [0, 0.1) is 10.1 Å². The van der Waals surface area contributed by atoms with Crippen molar-refractivity contribution >= 4 is 17.3 Å². The molecule has 1 N–H and O–H groups in total.